The Balaban J connectivity index is 1.69. The zero-order valence-corrected chi connectivity index (χ0v) is 13.1. The van der Waals surface area contributed by atoms with Gasteiger partial charge in [-0.15, -0.1) is 0 Å². The summed E-state index contributed by atoms with van der Waals surface area (Å²) in [5.41, 5.74) is 5.09. The van der Waals surface area contributed by atoms with Crippen molar-refractivity contribution in [1.82, 2.24) is 9.80 Å². The van der Waals surface area contributed by atoms with Gasteiger partial charge < -0.3 is 9.80 Å². The molecule has 0 unspecified atom stereocenters. The molecule has 1 fully saturated rings. The van der Waals surface area contributed by atoms with Crippen LogP contribution in [0.5, 0.6) is 0 Å². The van der Waals surface area contributed by atoms with E-state index in [1.165, 1.54) is 16.7 Å². The maximum absolute atomic E-state index is 12.6. The van der Waals surface area contributed by atoms with Gasteiger partial charge in [-0.1, -0.05) is 23.8 Å². The van der Waals surface area contributed by atoms with Crippen molar-refractivity contribution in [1.29, 1.82) is 0 Å². The van der Waals surface area contributed by atoms with Gasteiger partial charge in [-0.25, -0.2) is 0 Å². The highest BCUT2D eigenvalue weighted by molar-refractivity contribution is 5.95. The largest absolute Gasteiger partial charge is 0.336 e. The van der Waals surface area contributed by atoms with E-state index < -0.39 is 0 Å². The van der Waals surface area contributed by atoms with Gasteiger partial charge in [0.05, 0.1) is 0 Å². The highest BCUT2D eigenvalue weighted by Gasteiger charge is 2.27. The van der Waals surface area contributed by atoms with E-state index in [2.05, 4.69) is 43.2 Å². The Hall–Kier alpha value is -1.61. The van der Waals surface area contributed by atoms with E-state index in [-0.39, 0.29) is 5.91 Å². The van der Waals surface area contributed by atoms with Crippen LogP contribution in [-0.4, -0.2) is 48.9 Å². The molecule has 21 heavy (non-hydrogen) atoms. The summed E-state index contributed by atoms with van der Waals surface area (Å²) in [4.78, 5) is 16.9. The second-order valence-corrected chi connectivity index (χ2v) is 6.22. The quantitative estimate of drug-likeness (QED) is 0.778. The van der Waals surface area contributed by atoms with Crippen molar-refractivity contribution < 1.29 is 4.79 Å². The van der Waals surface area contributed by atoms with E-state index in [0.29, 0.717) is 0 Å². The third-order valence-electron chi connectivity index (χ3n) is 4.64. The zero-order valence-electron chi connectivity index (χ0n) is 13.1. The summed E-state index contributed by atoms with van der Waals surface area (Å²) in [6, 6.07) is 0. The number of hydrogen-bond acceptors (Lipinski definition) is 2. The molecule has 0 bridgehead atoms. The van der Waals surface area contributed by atoms with Gasteiger partial charge in [0.2, 0.25) is 5.91 Å². The first-order valence-electron chi connectivity index (χ1n) is 7.91. The number of rotatable bonds is 2. The number of carbonyl (C=O) groups excluding carboxylic acids is 1. The summed E-state index contributed by atoms with van der Waals surface area (Å²) in [6.45, 7) is 5.74. The molecule has 2 aliphatic carbocycles. The second kappa shape index (κ2) is 6.02. The number of nitrogens with zero attached hydrogens (tertiary/aromatic N) is 2. The molecule has 3 heteroatoms. The van der Waals surface area contributed by atoms with E-state index in [1.54, 1.807) is 0 Å². The van der Waals surface area contributed by atoms with Crippen LogP contribution in [0.4, 0.5) is 0 Å². The Morgan fingerprint density at radius 1 is 1.14 bits per heavy atom. The maximum atomic E-state index is 12.6. The Morgan fingerprint density at radius 2 is 1.90 bits per heavy atom. The first kappa shape index (κ1) is 14.3. The first-order valence-corrected chi connectivity index (χ1v) is 7.91. The third kappa shape index (κ3) is 3.03. The predicted molar refractivity (Wildman–Crippen MR) is 85.9 cm³/mol. The van der Waals surface area contributed by atoms with Gasteiger partial charge in [0.25, 0.3) is 0 Å². The Kier molecular flexibility index (Phi) is 4.11. The third-order valence-corrected chi connectivity index (χ3v) is 4.64. The second-order valence-electron chi connectivity index (χ2n) is 6.22. The lowest BCUT2D eigenvalue weighted by Crippen LogP contribution is -2.47. The number of allylic oxidation sites excluding steroid dienone is 7. The fourth-order valence-electron chi connectivity index (χ4n) is 3.31. The van der Waals surface area contributed by atoms with Crippen molar-refractivity contribution in [3.63, 3.8) is 0 Å². The Bertz CT molecular complexity index is 558. The van der Waals surface area contributed by atoms with Crippen LogP contribution >= 0.6 is 0 Å². The average Bonchev–Trinajstić information content (AvgIpc) is 2.91. The summed E-state index contributed by atoms with van der Waals surface area (Å²) >= 11 is 0. The molecular formula is C18H24N2O. The summed E-state index contributed by atoms with van der Waals surface area (Å²) < 4.78 is 0. The molecule has 1 heterocycles. The molecule has 0 aromatic carbocycles. The molecule has 1 aliphatic heterocycles. The topological polar surface area (TPSA) is 23.6 Å². The van der Waals surface area contributed by atoms with Gasteiger partial charge in [0.15, 0.2) is 0 Å². The SMILES string of the molecule is C/C=C/C1=CC2=C(CC1)CC(C(=O)N1CCN(C)CC1)=C2. The molecule has 0 atom stereocenters. The monoisotopic (exact) mass is 284 g/mol. The smallest absolute Gasteiger partial charge is 0.250 e. The lowest BCUT2D eigenvalue weighted by atomic mass is 9.93. The molecule has 112 valence electrons. The number of piperazine rings is 1. The summed E-state index contributed by atoms with van der Waals surface area (Å²) in [7, 11) is 2.12. The average molecular weight is 284 g/mol. The van der Waals surface area contributed by atoms with Crippen LogP contribution in [0.3, 0.4) is 0 Å². The number of hydrogen-bond donors (Lipinski definition) is 0. The van der Waals surface area contributed by atoms with Crippen molar-refractivity contribution >= 4 is 5.91 Å². The fraction of sp³-hybridized carbons (Fsp3) is 0.500. The maximum Gasteiger partial charge on any atom is 0.250 e. The fourth-order valence-corrected chi connectivity index (χ4v) is 3.31. The van der Waals surface area contributed by atoms with E-state index in [9.17, 15) is 4.79 Å². The minimum atomic E-state index is 0.249. The molecule has 3 rings (SSSR count). The Morgan fingerprint density at radius 3 is 2.62 bits per heavy atom. The minimum absolute atomic E-state index is 0.249. The molecular weight excluding hydrogens is 260 g/mol. The molecule has 1 amide bonds. The van der Waals surface area contributed by atoms with Gasteiger partial charge in [0.1, 0.15) is 0 Å². The van der Waals surface area contributed by atoms with Gasteiger partial charge in [0, 0.05) is 31.8 Å². The van der Waals surface area contributed by atoms with Crippen LogP contribution in [0.1, 0.15) is 26.2 Å². The van der Waals surface area contributed by atoms with E-state index in [4.69, 9.17) is 0 Å². The van der Waals surface area contributed by atoms with Crippen molar-refractivity contribution in [2.45, 2.75) is 26.2 Å². The molecule has 3 aliphatic rings. The standard InChI is InChI=1S/C18H24N2O/c1-3-4-14-5-6-15-12-17(13-16(15)11-14)18(21)20-9-7-19(2)8-10-20/h3-4,11,13H,5-10,12H2,1-2H3/b4-3+. The number of amides is 1. The van der Waals surface area contributed by atoms with Crippen LogP contribution in [0.15, 0.2) is 46.6 Å². The van der Waals surface area contributed by atoms with Gasteiger partial charge >= 0.3 is 0 Å². The van der Waals surface area contributed by atoms with Crippen LogP contribution in [0, 0.1) is 0 Å². The lowest BCUT2D eigenvalue weighted by molar-refractivity contribution is -0.128. The molecule has 0 N–H and O–H groups in total. The molecule has 0 spiro atoms. The summed E-state index contributed by atoms with van der Waals surface area (Å²) in [5, 5.41) is 0. The normalized spacial score (nSPS) is 23.4. The van der Waals surface area contributed by atoms with Crippen molar-refractivity contribution in [2.75, 3.05) is 33.2 Å². The highest BCUT2D eigenvalue weighted by Crippen LogP contribution is 2.36. The van der Waals surface area contributed by atoms with E-state index in [0.717, 1.165) is 51.0 Å². The molecule has 3 nitrogen and oxygen atoms in total. The number of likely N-dealkylation sites (N-methyl/N-ethyl adjacent to an activating group) is 1. The predicted octanol–water partition coefficient (Wildman–Crippen LogP) is 2.68. The zero-order chi connectivity index (χ0) is 14.8. The van der Waals surface area contributed by atoms with Crippen LogP contribution < -0.4 is 0 Å². The molecule has 0 saturated carbocycles. The highest BCUT2D eigenvalue weighted by atomic mass is 16.2. The molecule has 1 saturated heterocycles. The van der Waals surface area contributed by atoms with Gasteiger partial charge in [-0.2, -0.15) is 0 Å². The minimum Gasteiger partial charge on any atom is -0.336 e. The van der Waals surface area contributed by atoms with E-state index >= 15 is 0 Å². The molecule has 0 radical (unpaired) electrons. The van der Waals surface area contributed by atoms with Crippen LogP contribution in [0.2, 0.25) is 0 Å². The number of carbonyl (C=O) groups is 1. The lowest BCUT2D eigenvalue weighted by Gasteiger charge is -2.32. The molecule has 0 aromatic rings. The Labute approximate surface area is 127 Å². The van der Waals surface area contributed by atoms with E-state index in [1.807, 2.05) is 4.90 Å². The van der Waals surface area contributed by atoms with Gasteiger partial charge in [-0.05, 0) is 50.5 Å². The van der Waals surface area contributed by atoms with Crippen molar-refractivity contribution in [2.24, 2.45) is 0 Å². The molecule has 0 aromatic heterocycles. The van der Waals surface area contributed by atoms with Gasteiger partial charge in [-0.3, -0.25) is 4.79 Å². The van der Waals surface area contributed by atoms with Crippen LogP contribution in [-0.2, 0) is 4.79 Å². The van der Waals surface area contributed by atoms with Crippen molar-refractivity contribution in [3.8, 4) is 0 Å². The van der Waals surface area contributed by atoms with Crippen LogP contribution in [0.25, 0.3) is 0 Å². The van der Waals surface area contributed by atoms with Crippen molar-refractivity contribution in [3.05, 3.63) is 46.6 Å². The summed E-state index contributed by atoms with van der Waals surface area (Å²) in [6.07, 6.45) is 11.7. The first-order chi connectivity index (χ1) is 10.2. The summed E-state index contributed by atoms with van der Waals surface area (Å²) in [5.74, 6) is 0.249.